The molecule has 2 rings (SSSR count). The van der Waals surface area contributed by atoms with Crippen molar-refractivity contribution in [1.82, 2.24) is 9.78 Å². The van der Waals surface area contributed by atoms with Gasteiger partial charge in [0.25, 0.3) is 0 Å². The van der Waals surface area contributed by atoms with Crippen LogP contribution in [0.4, 0.5) is 10.2 Å². The molecule has 0 saturated heterocycles. The minimum Gasteiger partial charge on any atom is -0.384 e. The largest absolute Gasteiger partial charge is 0.384 e. The first kappa shape index (κ1) is 12.0. The molecule has 0 atom stereocenters. The lowest BCUT2D eigenvalue weighted by Gasteiger charge is -2.03. The molecule has 0 saturated carbocycles. The van der Waals surface area contributed by atoms with Gasteiger partial charge in [0.2, 0.25) is 0 Å². The third-order valence-corrected chi connectivity index (χ3v) is 3.33. The number of rotatable bonds is 4. The Hall–Kier alpha value is -1.49. The zero-order valence-corrected chi connectivity index (χ0v) is 10.4. The van der Waals surface area contributed by atoms with E-state index >= 15 is 0 Å². The van der Waals surface area contributed by atoms with Gasteiger partial charge in [0, 0.05) is 6.07 Å². The highest BCUT2D eigenvalue weighted by Crippen LogP contribution is 2.22. The van der Waals surface area contributed by atoms with Crippen LogP contribution in [-0.4, -0.2) is 15.5 Å². The predicted molar refractivity (Wildman–Crippen MR) is 68.9 cm³/mol. The topological polar surface area (TPSA) is 43.8 Å². The van der Waals surface area contributed by atoms with Crippen LogP contribution in [0.3, 0.4) is 0 Å². The second kappa shape index (κ2) is 5.23. The SMILES string of the molecule is CCCSc1cc(N)n(-c2cccc(F)c2)n1. The Balaban J connectivity index is 2.29. The lowest BCUT2D eigenvalue weighted by molar-refractivity contribution is 0.625. The van der Waals surface area contributed by atoms with E-state index in [2.05, 4.69) is 12.0 Å². The van der Waals surface area contributed by atoms with Gasteiger partial charge < -0.3 is 5.73 Å². The molecule has 2 N–H and O–H groups in total. The van der Waals surface area contributed by atoms with E-state index in [0.29, 0.717) is 11.5 Å². The molecule has 90 valence electrons. The fourth-order valence-electron chi connectivity index (χ4n) is 1.46. The van der Waals surface area contributed by atoms with Gasteiger partial charge in [-0.15, -0.1) is 11.8 Å². The number of halogens is 1. The zero-order chi connectivity index (χ0) is 12.3. The van der Waals surface area contributed by atoms with Gasteiger partial charge in [-0.1, -0.05) is 13.0 Å². The monoisotopic (exact) mass is 251 g/mol. The molecule has 0 aliphatic rings. The van der Waals surface area contributed by atoms with Crippen molar-refractivity contribution in [3.05, 3.63) is 36.1 Å². The highest BCUT2D eigenvalue weighted by atomic mass is 32.2. The van der Waals surface area contributed by atoms with Crippen LogP contribution >= 0.6 is 11.8 Å². The van der Waals surface area contributed by atoms with E-state index in [-0.39, 0.29) is 5.82 Å². The lowest BCUT2D eigenvalue weighted by Crippen LogP contribution is -2.01. The standard InChI is InChI=1S/C12H14FN3S/c1-2-6-17-12-8-11(14)16(15-12)10-5-3-4-9(13)7-10/h3-5,7-8H,2,6,14H2,1H3. The molecule has 0 radical (unpaired) electrons. The molecule has 0 unspecified atom stereocenters. The van der Waals surface area contributed by atoms with Crippen LogP contribution in [0.15, 0.2) is 35.4 Å². The number of aromatic nitrogens is 2. The molecule has 0 fully saturated rings. The average molecular weight is 251 g/mol. The summed E-state index contributed by atoms with van der Waals surface area (Å²) in [5.41, 5.74) is 6.50. The van der Waals surface area contributed by atoms with Crippen molar-refractivity contribution in [2.24, 2.45) is 0 Å². The number of hydrogen-bond donors (Lipinski definition) is 1. The molecule has 0 spiro atoms. The molecule has 1 aromatic heterocycles. The van der Waals surface area contributed by atoms with Crippen LogP contribution in [0.5, 0.6) is 0 Å². The van der Waals surface area contributed by atoms with Crippen LogP contribution in [0.1, 0.15) is 13.3 Å². The van der Waals surface area contributed by atoms with Crippen LogP contribution in [-0.2, 0) is 0 Å². The molecule has 0 amide bonds. The first-order valence-corrected chi connectivity index (χ1v) is 6.43. The van der Waals surface area contributed by atoms with Gasteiger partial charge in [0.05, 0.1) is 5.69 Å². The smallest absolute Gasteiger partial charge is 0.128 e. The highest BCUT2D eigenvalue weighted by Gasteiger charge is 2.07. The zero-order valence-electron chi connectivity index (χ0n) is 9.56. The molecular formula is C12H14FN3S. The number of nitrogen functional groups attached to an aromatic ring is 1. The van der Waals surface area contributed by atoms with Gasteiger partial charge in [-0.2, -0.15) is 5.10 Å². The van der Waals surface area contributed by atoms with E-state index in [0.717, 1.165) is 17.2 Å². The van der Waals surface area contributed by atoms with Gasteiger partial charge >= 0.3 is 0 Å². The van der Waals surface area contributed by atoms with E-state index in [9.17, 15) is 4.39 Å². The van der Waals surface area contributed by atoms with Crippen LogP contribution in [0.2, 0.25) is 0 Å². The minimum absolute atomic E-state index is 0.292. The third kappa shape index (κ3) is 2.79. The summed E-state index contributed by atoms with van der Waals surface area (Å²) in [5.74, 6) is 1.23. The summed E-state index contributed by atoms with van der Waals surface area (Å²) in [7, 11) is 0. The summed E-state index contributed by atoms with van der Waals surface area (Å²) >= 11 is 1.65. The van der Waals surface area contributed by atoms with Crippen molar-refractivity contribution in [2.45, 2.75) is 18.4 Å². The number of anilines is 1. The van der Waals surface area contributed by atoms with E-state index in [4.69, 9.17) is 5.73 Å². The van der Waals surface area contributed by atoms with Crippen LogP contribution in [0.25, 0.3) is 5.69 Å². The Morgan fingerprint density at radius 2 is 2.24 bits per heavy atom. The molecule has 1 heterocycles. The van der Waals surface area contributed by atoms with Gasteiger partial charge in [-0.05, 0) is 30.4 Å². The Morgan fingerprint density at radius 3 is 2.94 bits per heavy atom. The second-order valence-electron chi connectivity index (χ2n) is 3.65. The first-order valence-electron chi connectivity index (χ1n) is 5.45. The van der Waals surface area contributed by atoms with Crippen LogP contribution in [0, 0.1) is 5.82 Å². The summed E-state index contributed by atoms with van der Waals surface area (Å²) in [6.45, 7) is 2.11. The first-order chi connectivity index (χ1) is 8.20. The summed E-state index contributed by atoms with van der Waals surface area (Å²) in [4.78, 5) is 0. The van der Waals surface area contributed by atoms with Gasteiger partial charge in [0.1, 0.15) is 16.7 Å². The molecule has 0 aliphatic heterocycles. The summed E-state index contributed by atoms with van der Waals surface area (Å²) < 4.78 is 14.7. The molecule has 1 aromatic carbocycles. The molecule has 0 bridgehead atoms. The van der Waals surface area contributed by atoms with Crippen molar-refractivity contribution >= 4 is 17.6 Å². The number of nitrogens with zero attached hydrogens (tertiary/aromatic N) is 2. The van der Waals surface area contributed by atoms with Crippen LogP contribution < -0.4 is 5.73 Å². The van der Waals surface area contributed by atoms with Gasteiger partial charge in [-0.3, -0.25) is 0 Å². The number of nitrogens with two attached hydrogens (primary N) is 1. The van der Waals surface area contributed by atoms with Gasteiger partial charge in [-0.25, -0.2) is 9.07 Å². The summed E-state index contributed by atoms with van der Waals surface area (Å²) in [5, 5.41) is 5.22. The number of hydrogen-bond acceptors (Lipinski definition) is 3. The number of benzene rings is 1. The number of thioether (sulfide) groups is 1. The minimum atomic E-state index is -0.292. The molecule has 0 aliphatic carbocycles. The molecular weight excluding hydrogens is 237 g/mol. The maximum atomic E-state index is 13.1. The average Bonchev–Trinajstić information content (AvgIpc) is 2.68. The van der Waals surface area contributed by atoms with E-state index in [1.165, 1.54) is 12.1 Å². The van der Waals surface area contributed by atoms with Crippen molar-refractivity contribution in [1.29, 1.82) is 0 Å². The highest BCUT2D eigenvalue weighted by molar-refractivity contribution is 7.99. The van der Waals surface area contributed by atoms with Gasteiger partial charge in [0.15, 0.2) is 0 Å². The van der Waals surface area contributed by atoms with E-state index in [1.54, 1.807) is 28.6 Å². The third-order valence-electron chi connectivity index (χ3n) is 2.22. The van der Waals surface area contributed by atoms with Crippen molar-refractivity contribution in [3.63, 3.8) is 0 Å². The quantitative estimate of drug-likeness (QED) is 0.849. The normalized spacial score (nSPS) is 10.7. The predicted octanol–water partition coefficient (Wildman–Crippen LogP) is 3.10. The summed E-state index contributed by atoms with van der Waals surface area (Å²) in [6, 6.07) is 8.05. The Labute approximate surface area is 104 Å². The fourth-order valence-corrected chi connectivity index (χ4v) is 2.22. The molecule has 5 heteroatoms. The Bertz CT molecular complexity index is 510. The lowest BCUT2D eigenvalue weighted by atomic mass is 10.3. The maximum absolute atomic E-state index is 13.1. The maximum Gasteiger partial charge on any atom is 0.128 e. The molecule has 3 nitrogen and oxygen atoms in total. The Kier molecular flexibility index (Phi) is 3.68. The van der Waals surface area contributed by atoms with Crippen molar-refractivity contribution in [2.75, 3.05) is 11.5 Å². The van der Waals surface area contributed by atoms with E-state index < -0.39 is 0 Å². The van der Waals surface area contributed by atoms with Crippen molar-refractivity contribution < 1.29 is 4.39 Å². The molecule has 2 aromatic rings. The van der Waals surface area contributed by atoms with E-state index in [1.807, 2.05) is 6.07 Å². The Morgan fingerprint density at radius 1 is 1.41 bits per heavy atom. The summed E-state index contributed by atoms with van der Waals surface area (Å²) in [6.07, 6.45) is 1.08. The van der Waals surface area contributed by atoms with Crippen molar-refractivity contribution in [3.8, 4) is 5.69 Å². The second-order valence-corrected chi connectivity index (χ2v) is 4.76. The molecule has 17 heavy (non-hydrogen) atoms. The fraction of sp³-hybridized carbons (Fsp3) is 0.250.